The first-order valence-corrected chi connectivity index (χ1v) is 5.43. The first-order valence-electron chi connectivity index (χ1n) is 5.43. The number of carboxylic acid groups (broad SMARTS) is 1. The third-order valence-corrected chi connectivity index (χ3v) is 2.08. The van der Waals surface area contributed by atoms with E-state index in [2.05, 4.69) is 10.6 Å². The molecule has 0 aromatic rings. The second-order valence-corrected chi connectivity index (χ2v) is 3.71. The summed E-state index contributed by atoms with van der Waals surface area (Å²) in [6.07, 6.45) is 0.860. The number of nitrogens with two attached hydrogens (primary N) is 1. The molecule has 0 aliphatic rings. The van der Waals surface area contributed by atoms with Crippen LogP contribution in [-0.4, -0.2) is 42.5 Å². The lowest BCUT2D eigenvalue weighted by atomic mass is 10.2. The number of amides is 2. The summed E-state index contributed by atoms with van der Waals surface area (Å²) in [5, 5.41) is 13.4. The zero-order valence-electron chi connectivity index (χ0n) is 9.86. The van der Waals surface area contributed by atoms with Crippen LogP contribution in [0, 0.1) is 5.92 Å². The average molecular weight is 245 g/mol. The number of hydrogen-bond acceptors (Lipinski definition) is 4. The molecule has 0 aromatic heterocycles. The van der Waals surface area contributed by atoms with Crippen molar-refractivity contribution in [3.63, 3.8) is 0 Å². The number of carbonyl (C=O) groups excluding carboxylic acids is 2. The Hall–Kier alpha value is -1.63. The monoisotopic (exact) mass is 245 g/mol. The maximum absolute atomic E-state index is 11.2. The number of carbonyl (C=O) groups is 3. The van der Waals surface area contributed by atoms with Gasteiger partial charge >= 0.3 is 5.97 Å². The van der Waals surface area contributed by atoms with Crippen molar-refractivity contribution in [1.82, 2.24) is 10.6 Å². The molecule has 2 amide bonds. The Bertz CT molecular complexity index is 281. The minimum atomic E-state index is -0.975. The van der Waals surface area contributed by atoms with Crippen molar-refractivity contribution in [2.24, 2.45) is 11.7 Å². The zero-order chi connectivity index (χ0) is 13.3. The largest absolute Gasteiger partial charge is 0.481 e. The third-order valence-electron chi connectivity index (χ3n) is 2.08. The molecule has 0 saturated heterocycles. The minimum absolute atomic E-state index is 0.0484. The van der Waals surface area contributed by atoms with Gasteiger partial charge in [-0.2, -0.15) is 0 Å². The Morgan fingerprint density at radius 3 is 2.41 bits per heavy atom. The topological polar surface area (TPSA) is 122 Å². The molecule has 0 aromatic carbocycles. The van der Waals surface area contributed by atoms with Gasteiger partial charge in [0.2, 0.25) is 11.8 Å². The molecule has 0 unspecified atom stereocenters. The Morgan fingerprint density at radius 2 is 1.88 bits per heavy atom. The SMILES string of the molecule is C[C@@H](CNC(=O)CNC(=O)CCCN)C(=O)O. The van der Waals surface area contributed by atoms with Crippen LogP contribution in [0.1, 0.15) is 19.8 Å². The van der Waals surface area contributed by atoms with E-state index in [4.69, 9.17) is 10.8 Å². The fourth-order valence-electron chi connectivity index (χ4n) is 0.947. The second-order valence-electron chi connectivity index (χ2n) is 3.71. The predicted molar refractivity (Wildman–Crippen MR) is 61.1 cm³/mol. The van der Waals surface area contributed by atoms with E-state index in [0.717, 1.165) is 0 Å². The first kappa shape index (κ1) is 15.4. The predicted octanol–water partition coefficient (Wildman–Crippen LogP) is -1.32. The Labute approximate surface area is 99.7 Å². The van der Waals surface area contributed by atoms with Crippen LogP contribution < -0.4 is 16.4 Å². The molecular formula is C10H19N3O4. The molecule has 0 fully saturated rings. The van der Waals surface area contributed by atoms with Gasteiger partial charge in [0.05, 0.1) is 12.5 Å². The normalized spacial score (nSPS) is 11.6. The van der Waals surface area contributed by atoms with Gasteiger partial charge in [0.15, 0.2) is 0 Å². The number of carboxylic acids is 1. The highest BCUT2D eigenvalue weighted by molar-refractivity contribution is 5.84. The number of nitrogens with one attached hydrogen (secondary N) is 2. The van der Waals surface area contributed by atoms with Gasteiger partial charge in [0.25, 0.3) is 0 Å². The quantitative estimate of drug-likeness (QED) is 0.422. The third kappa shape index (κ3) is 8.21. The fourth-order valence-corrected chi connectivity index (χ4v) is 0.947. The highest BCUT2D eigenvalue weighted by Crippen LogP contribution is 1.91. The molecule has 17 heavy (non-hydrogen) atoms. The average Bonchev–Trinajstić information content (AvgIpc) is 2.30. The van der Waals surface area contributed by atoms with Crippen molar-refractivity contribution >= 4 is 17.8 Å². The minimum Gasteiger partial charge on any atom is -0.481 e. The van der Waals surface area contributed by atoms with E-state index in [1.54, 1.807) is 0 Å². The van der Waals surface area contributed by atoms with E-state index < -0.39 is 17.8 Å². The Balaban J connectivity index is 3.66. The number of hydrogen-bond donors (Lipinski definition) is 4. The van der Waals surface area contributed by atoms with Crippen molar-refractivity contribution in [3.8, 4) is 0 Å². The Morgan fingerprint density at radius 1 is 1.24 bits per heavy atom. The fraction of sp³-hybridized carbons (Fsp3) is 0.700. The highest BCUT2D eigenvalue weighted by Gasteiger charge is 2.12. The molecule has 1 atom stereocenters. The molecule has 0 saturated carbocycles. The highest BCUT2D eigenvalue weighted by atomic mass is 16.4. The molecule has 0 radical (unpaired) electrons. The lowest BCUT2D eigenvalue weighted by molar-refractivity contribution is -0.141. The standard InChI is InChI=1S/C10H19N3O4/c1-7(10(16)17)5-12-9(15)6-13-8(14)3-2-4-11/h7H,2-6,11H2,1H3,(H,12,15)(H,13,14)(H,16,17)/t7-/m0/s1. The number of rotatable bonds is 8. The van der Waals surface area contributed by atoms with Crippen LogP contribution in [0.15, 0.2) is 0 Å². The van der Waals surface area contributed by atoms with E-state index in [1.807, 2.05) is 0 Å². The molecule has 7 nitrogen and oxygen atoms in total. The molecule has 0 heterocycles. The van der Waals surface area contributed by atoms with Gasteiger partial charge in [-0.05, 0) is 13.0 Å². The van der Waals surface area contributed by atoms with Crippen LogP contribution >= 0.6 is 0 Å². The zero-order valence-corrected chi connectivity index (χ0v) is 9.86. The summed E-state index contributed by atoms with van der Waals surface area (Å²) in [5.41, 5.74) is 5.23. The molecule has 0 bridgehead atoms. The Kier molecular flexibility index (Phi) is 7.70. The maximum Gasteiger partial charge on any atom is 0.308 e. The van der Waals surface area contributed by atoms with Crippen LogP contribution in [0.3, 0.4) is 0 Å². The van der Waals surface area contributed by atoms with Crippen LogP contribution in [0.25, 0.3) is 0 Å². The summed E-state index contributed by atoms with van der Waals surface area (Å²) >= 11 is 0. The van der Waals surface area contributed by atoms with Crippen molar-refractivity contribution in [3.05, 3.63) is 0 Å². The van der Waals surface area contributed by atoms with Crippen molar-refractivity contribution < 1.29 is 19.5 Å². The van der Waals surface area contributed by atoms with Crippen molar-refractivity contribution in [1.29, 1.82) is 0 Å². The maximum atomic E-state index is 11.2. The van der Waals surface area contributed by atoms with Gasteiger partial charge in [-0.1, -0.05) is 6.92 Å². The second kappa shape index (κ2) is 8.51. The van der Waals surface area contributed by atoms with Gasteiger partial charge in [-0.3, -0.25) is 14.4 Å². The summed E-state index contributed by atoms with van der Waals surface area (Å²) in [7, 11) is 0. The molecule has 0 aliphatic heterocycles. The van der Waals surface area contributed by atoms with Gasteiger partial charge in [0.1, 0.15) is 0 Å². The van der Waals surface area contributed by atoms with E-state index in [9.17, 15) is 14.4 Å². The van der Waals surface area contributed by atoms with E-state index in [-0.39, 0.29) is 25.4 Å². The first-order chi connectivity index (χ1) is 7.97. The summed E-state index contributed by atoms with van der Waals surface area (Å²) in [6.45, 7) is 1.82. The molecule has 98 valence electrons. The van der Waals surface area contributed by atoms with E-state index in [0.29, 0.717) is 13.0 Å². The van der Waals surface area contributed by atoms with Gasteiger partial charge in [-0.25, -0.2) is 0 Å². The molecule has 5 N–H and O–H groups in total. The lowest BCUT2D eigenvalue weighted by Crippen LogP contribution is -2.39. The molecule has 0 spiro atoms. The summed E-state index contributed by atoms with van der Waals surface area (Å²) in [4.78, 5) is 32.8. The molecular weight excluding hydrogens is 226 g/mol. The van der Waals surface area contributed by atoms with Crippen LogP contribution in [0.4, 0.5) is 0 Å². The summed E-state index contributed by atoms with van der Waals surface area (Å²) in [5.74, 6) is -2.26. The smallest absolute Gasteiger partial charge is 0.308 e. The van der Waals surface area contributed by atoms with Crippen molar-refractivity contribution in [2.75, 3.05) is 19.6 Å². The molecule has 0 aliphatic carbocycles. The van der Waals surface area contributed by atoms with Crippen molar-refractivity contribution in [2.45, 2.75) is 19.8 Å². The molecule has 0 rings (SSSR count). The van der Waals surface area contributed by atoms with E-state index >= 15 is 0 Å². The number of aliphatic carboxylic acids is 1. The van der Waals surface area contributed by atoms with Crippen LogP contribution in [0.2, 0.25) is 0 Å². The lowest BCUT2D eigenvalue weighted by Gasteiger charge is -2.09. The van der Waals surface area contributed by atoms with Gasteiger partial charge in [0, 0.05) is 13.0 Å². The van der Waals surface area contributed by atoms with Gasteiger partial charge in [-0.15, -0.1) is 0 Å². The van der Waals surface area contributed by atoms with Gasteiger partial charge < -0.3 is 21.5 Å². The van der Waals surface area contributed by atoms with E-state index in [1.165, 1.54) is 6.92 Å². The van der Waals surface area contributed by atoms with Crippen LogP contribution in [-0.2, 0) is 14.4 Å². The molecule has 7 heteroatoms. The van der Waals surface area contributed by atoms with Crippen LogP contribution in [0.5, 0.6) is 0 Å². The summed E-state index contributed by atoms with van der Waals surface area (Å²) < 4.78 is 0. The summed E-state index contributed by atoms with van der Waals surface area (Å²) in [6, 6.07) is 0.